The first kappa shape index (κ1) is 16.8. The van der Waals surface area contributed by atoms with Gasteiger partial charge in [0.05, 0.1) is 5.75 Å². The topological polar surface area (TPSA) is 35.6 Å². The average Bonchev–Trinajstić information content (AvgIpc) is 3.05. The third kappa shape index (κ3) is 4.28. The number of hydrogen-bond acceptors (Lipinski definition) is 4. The van der Waals surface area contributed by atoms with Crippen molar-refractivity contribution in [1.29, 1.82) is 0 Å². The normalized spacial score (nSPS) is 22.5. The van der Waals surface area contributed by atoms with Gasteiger partial charge in [0.25, 0.3) is 0 Å². The smallest absolute Gasteiger partial charge is 0.232 e. The summed E-state index contributed by atoms with van der Waals surface area (Å²) in [6, 6.07) is 7.00. The molecule has 0 aliphatic carbocycles. The summed E-state index contributed by atoms with van der Waals surface area (Å²) in [5, 5.41) is 3.39. The highest BCUT2D eigenvalue weighted by atomic mass is 32.2. The molecule has 1 unspecified atom stereocenters. The van der Waals surface area contributed by atoms with Gasteiger partial charge in [0.2, 0.25) is 5.91 Å². The van der Waals surface area contributed by atoms with Crippen molar-refractivity contribution in [1.82, 2.24) is 15.1 Å². The molecule has 0 saturated carbocycles. The lowest BCUT2D eigenvalue weighted by Crippen LogP contribution is -2.49. The largest absolute Gasteiger partial charge is 0.340 e. The molecule has 3 rings (SSSR count). The zero-order valence-corrected chi connectivity index (χ0v) is 15.0. The Bertz CT molecular complexity index is 557. The van der Waals surface area contributed by atoms with Gasteiger partial charge in [-0.2, -0.15) is 0 Å². The van der Waals surface area contributed by atoms with Gasteiger partial charge in [0.15, 0.2) is 0 Å². The lowest BCUT2D eigenvalue weighted by atomic mass is 10.2. The van der Waals surface area contributed by atoms with Crippen LogP contribution >= 0.6 is 11.8 Å². The van der Waals surface area contributed by atoms with Gasteiger partial charge in [-0.05, 0) is 31.9 Å². The summed E-state index contributed by atoms with van der Waals surface area (Å²) in [6.07, 6.45) is 1.12. The van der Waals surface area contributed by atoms with Crippen molar-refractivity contribution in [3.63, 3.8) is 0 Å². The quantitative estimate of drug-likeness (QED) is 0.854. The first-order valence-corrected chi connectivity index (χ1v) is 9.54. The number of piperazine rings is 1. The van der Waals surface area contributed by atoms with E-state index < -0.39 is 0 Å². The van der Waals surface area contributed by atoms with Crippen molar-refractivity contribution in [2.75, 3.05) is 45.0 Å². The predicted molar refractivity (Wildman–Crippen MR) is 96.1 cm³/mol. The minimum atomic E-state index is 0.285. The maximum Gasteiger partial charge on any atom is 0.232 e. The SMILES string of the molecule is Cc1ccc(SCC(=O)N2CCC(N3CCNCC3)C2)c(C)c1. The van der Waals surface area contributed by atoms with Crippen LogP contribution in [-0.4, -0.2) is 66.8 Å². The molecule has 2 fully saturated rings. The third-order valence-corrected chi connectivity index (χ3v) is 6.03. The molecule has 2 aliphatic heterocycles. The van der Waals surface area contributed by atoms with Crippen molar-refractivity contribution in [2.24, 2.45) is 0 Å². The fourth-order valence-electron chi connectivity index (χ4n) is 3.51. The first-order valence-electron chi connectivity index (χ1n) is 8.56. The third-order valence-electron chi connectivity index (χ3n) is 4.87. The van der Waals surface area contributed by atoms with Gasteiger partial charge in [-0.1, -0.05) is 17.7 Å². The zero-order chi connectivity index (χ0) is 16.2. The van der Waals surface area contributed by atoms with Crippen molar-refractivity contribution in [3.8, 4) is 0 Å². The van der Waals surface area contributed by atoms with Crippen LogP contribution in [0.2, 0.25) is 0 Å². The monoisotopic (exact) mass is 333 g/mol. The number of hydrogen-bond donors (Lipinski definition) is 1. The Kier molecular flexibility index (Phi) is 5.62. The molecule has 0 aromatic heterocycles. The molecule has 23 heavy (non-hydrogen) atoms. The van der Waals surface area contributed by atoms with E-state index in [9.17, 15) is 4.79 Å². The predicted octanol–water partition coefficient (Wildman–Crippen LogP) is 1.90. The number of benzene rings is 1. The highest BCUT2D eigenvalue weighted by Crippen LogP contribution is 2.24. The Morgan fingerprint density at radius 2 is 2.04 bits per heavy atom. The van der Waals surface area contributed by atoms with Crippen molar-refractivity contribution < 1.29 is 4.79 Å². The standard InChI is InChI=1S/C18H27N3OS/c1-14-3-4-17(15(2)11-14)23-13-18(22)21-8-5-16(12-21)20-9-6-19-7-10-20/h3-4,11,16,19H,5-10,12-13H2,1-2H3. The van der Waals surface area contributed by atoms with Gasteiger partial charge in [0, 0.05) is 50.2 Å². The van der Waals surface area contributed by atoms with E-state index in [1.54, 1.807) is 11.8 Å². The maximum atomic E-state index is 12.5. The molecule has 5 heteroatoms. The minimum absolute atomic E-state index is 0.285. The summed E-state index contributed by atoms with van der Waals surface area (Å²) in [5.74, 6) is 0.839. The lowest BCUT2D eigenvalue weighted by molar-refractivity contribution is -0.127. The second kappa shape index (κ2) is 7.69. The van der Waals surface area contributed by atoms with Crippen LogP contribution in [0.1, 0.15) is 17.5 Å². The summed E-state index contributed by atoms with van der Waals surface area (Å²) >= 11 is 1.67. The highest BCUT2D eigenvalue weighted by Gasteiger charge is 2.30. The van der Waals surface area contributed by atoms with Crippen LogP contribution in [0.15, 0.2) is 23.1 Å². The molecule has 1 amide bonds. The zero-order valence-electron chi connectivity index (χ0n) is 14.2. The summed E-state index contributed by atoms with van der Waals surface area (Å²) < 4.78 is 0. The molecule has 2 aliphatic rings. The van der Waals surface area contributed by atoms with E-state index in [0.717, 1.165) is 45.7 Å². The van der Waals surface area contributed by atoms with Gasteiger partial charge in [-0.3, -0.25) is 9.69 Å². The number of thioether (sulfide) groups is 1. The molecule has 0 spiro atoms. The second-order valence-corrected chi connectivity index (χ2v) is 7.64. The van der Waals surface area contributed by atoms with Crippen molar-refractivity contribution in [2.45, 2.75) is 31.2 Å². The number of likely N-dealkylation sites (tertiary alicyclic amines) is 1. The van der Waals surface area contributed by atoms with E-state index in [4.69, 9.17) is 0 Å². The van der Waals surface area contributed by atoms with Crippen LogP contribution in [0.25, 0.3) is 0 Å². The van der Waals surface area contributed by atoms with Crippen molar-refractivity contribution in [3.05, 3.63) is 29.3 Å². The summed E-state index contributed by atoms with van der Waals surface area (Å²) in [5.41, 5.74) is 2.54. The molecule has 0 radical (unpaired) electrons. The molecule has 0 bridgehead atoms. The summed E-state index contributed by atoms with van der Waals surface area (Å²) in [7, 11) is 0. The number of rotatable bonds is 4. The molecule has 4 nitrogen and oxygen atoms in total. The Morgan fingerprint density at radius 3 is 2.78 bits per heavy atom. The number of amides is 1. The van der Waals surface area contributed by atoms with Gasteiger partial charge in [0.1, 0.15) is 0 Å². The van der Waals surface area contributed by atoms with Crippen molar-refractivity contribution >= 4 is 17.7 Å². The van der Waals surface area contributed by atoms with E-state index in [1.165, 1.54) is 16.0 Å². The van der Waals surface area contributed by atoms with Crippen LogP contribution in [0.4, 0.5) is 0 Å². The fraction of sp³-hybridized carbons (Fsp3) is 0.611. The fourth-order valence-corrected chi connectivity index (χ4v) is 4.42. The number of carbonyl (C=O) groups excluding carboxylic acids is 1. The summed E-state index contributed by atoms with van der Waals surface area (Å²) in [6.45, 7) is 10.4. The number of aryl methyl sites for hydroxylation is 2. The molecule has 2 saturated heterocycles. The molecule has 1 aromatic carbocycles. The molecule has 1 atom stereocenters. The van der Waals surface area contributed by atoms with Crippen LogP contribution < -0.4 is 5.32 Å². The average molecular weight is 334 g/mol. The van der Waals surface area contributed by atoms with E-state index in [-0.39, 0.29) is 5.91 Å². The molecule has 1 aromatic rings. The van der Waals surface area contributed by atoms with E-state index in [2.05, 4.69) is 47.2 Å². The van der Waals surface area contributed by atoms with Gasteiger partial charge in [-0.15, -0.1) is 11.8 Å². The highest BCUT2D eigenvalue weighted by molar-refractivity contribution is 8.00. The minimum Gasteiger partial charge on any atom is -0.340 e. The Morgan fingerprint density at radius 1 is 1.26 bits per heavy atom. The molecular weight excluding hydrogens is 306 g/mol. The van der Waals surface area contributed by atoms with E-state index >= 15 is 0 Å². The van der Waals surface area contributed by atoms with Crippen LogP contribution in [-0.2, 0) is 4.79 Å². The van der Waals surface area contributed by atoms with Crippen LogP contribution in [0.3, 0.4) is 0 Å². The lowest BCUT2D eigenvalue weighted by Gasteiger charge is -2.32. The Balaban J connectivity index is 1.49. The Hall–Kier alpha value is -1.04. The van der Waals surface area contributed by atoms with Gasteiger partial charge in [-0.25, -0.2) is 0 Å². The molecule has 2 heterocycles. The molecule has 1 N–H and O–H groups in total. The number of nitrogens with zero attached hydrogens (tertiary/aromatic N) is 2. The molecule has 126 valence electrons. The van der Waals surface area contributed by atoms with Gasteiger partial charge < -0.3 is 10.2 Å². The van der Waals surface area contributed by atoms with Crippen LogP contribution in [0.5, 0.6) is 0 Å². The summed E-state index contributed by atoms with van der Waals surface area (Å²) in [4.78, 5) is 18.3. The number of nitrogens with one attached hydrogen (secondary N) is 1. The maximum absolute atomic E-state index is 12.5. The van der Waals surface area contributed by atoms with Gasteiger partial charge >= 0.3 is 0 Å². The first-order chi connectivity index (χ1) is 11.1. The van der Waals surface area contributed by atoms with Crippen LogP contribution in [0, 0.1) is 13.8 Å². The second-order valence-electron chi connectivity index (χ2n) is 6.63. The number of carbonyl (C=O) groups is 1. The molecular formula is C18H27N3OS. The van der Waals surface area contributed by atoms with E-state index in [1.807, 2.05) is 0 Å². The Labute approximate surface area is 143 Å². The van der Waals surface area contributed by atoms with E-state index in [0.29, 0.717) is 11.8 Å².